The molecule has 0 spiro atoms. The van der Waals surface area contributed by atoms with Gasteiger partial charge in [0.1, 0.15) is 5.60 Å². The molecule has 3 N–H and O–H groups in total. The first kappa shape index (κ1) is 17.6. The summed E-state index contributed by atoms with van der Waals surface area (Å²) in [4.78, 5) is 33.5. The number of aliphatic carboxylic acids is 1. The lowest BCUT2D eigenvalue weighted by molar-refractivity contribution is -0.384. The summed E-state index contributed by atoms with van der Waals surface area (Å²) in [6, 6.07) is 3.94. The van der Waals surface area contributed by atoms with Gasteiger partial charge in [-0.05, 0) is 26.3 Å². The Hall–Kier alpha value is -2.48. The average molecular weight is 310 g/mol. The largest absolute Gasteiger partial charge is 0.481 e. The molecule has 1 aromatic carbocycles. The molecule has 0 heterocycles. The van der Waals surface area contributed by atoms with Gasteiger partial charge in [-0.3, -0.25) is 19.7 Å². The van der Waals surface area contributed by atoms with E-state index in [1.807, 2.05) is 0 Å². The SMILES string of the molecule is CC(C)(C)OC(=O)[C@H](C(=O)O)C(N)c1cccc([N+](=O)[O-])c1. The van der Waals surface area contributed by atoms with Crippen molar-refractivity contribution >= 4 is 17.6 Å². The van der Waals surface area contributed by atoms with Crippen LogP contribution in [0.15, 0.2) is 24.3 Å². The van der Waals surface area contributed by atoms with E-state index in [2.05, 4.69) is 0 Å². The van der Waals surface area contributed by atoms with Crippen molar-refractivity contribution in [1.82, 2.24) is 0 Å². The highest BCUT2D eigenvalue weighted by Gasteiger charge is 2.37. The zero-order valence-corrected chi connectivity index (χ0v) is 12.5. The van der Waals surface area contributed by atoms with Crippen LogP contribution in [0.1, 0.15) is 32.4 Å². The molecule has 22 heavy (non-hydrogen) atoms. The van der Waals surface area contributed by atoms with Gasteiger partial charge in [-0.2, -0.15) is 0 Å². The molecule has 0 saturated heterocycles. The Balaban J connectivity index is 3.11. The van der Waals surface area contributed by atoms with Crippen LogP contribution in [0.5, 0.6) is 0 Å². The monoisotopic (exact) mass is 310 g/mol. The quantitative estimate of drug-likeness (QED) is 0.365. The first-order valence-electron chi connectivity index (χ1n) is 6.48. The predicted octanol–water partition coefficient (Wildman–Crippen LogP) is 1.64. The number of nitro benzene ring substituents is 1. The van der Waals surface area contributed by atoms with Crippen molar-refractivity contribution in [3.63, 3.8) is 0 Å². The number of rotatable bonds is 5. The summed E-state index contributed by atoms with van der Waals surface area (Å²) in [6.45, 7) is 4.80. The van der Waals surface area contributed by atoms with E-state index in [1.54, 1.807) is 20.8 Å². The average Bonchev–Trinajstić information content (AvgIpc) is 2.36. The second-order valence-corrected chi connectivity index (χ2v) is 5.73. The van der Waals surface area contributed by atoms with E-state index in [9.17, 15) is 24.8 Å². The number of nitrogens with zero attached hydrogens (tertiary/aromatic N) is 1. The minimum atomic E-state index is -1.65. The molecule has 0 aliphatic heterocycles. The fourth-order valence-electron chi connectivity index (χ4n) is 1.80. The van der Waals surface area contributed by atoms with Gasteiger partial charge in [-0.25, -0.2) is 0 Å². The van der Waals surface area contributed by atoms with Crippen LogP contribution < -0.4 is 5.73 Å². The number of benzene rings is 1. The Morgan fingerprint density at radius 1 is 1.36 bits per heavy atom. The maximum atomic E-state index is 12.0. The molecule has 0 aliphatic rings. The van der Waals surface area contributed by atoms with Crippen LogP contribution in [0.2, 0.25) is 0 Å². The van der Waals surface area contributed by atoms with Crippen molar-refractivity contribution in [1.29, 1.82) is 0 Å². The van der Waals surface area contributed by atoms with Crippen LogP contribution in [0.4, 0.5) is 5.69 Å². The normalized spacial score (nSPS) is 14.0. The van der Waals surface area contributed by atoms with Crippen molar-refractivity contribution in [3.8, 4) is 0 Å². The summed E-state index contributed by atoms with van der Waals surface area (Å²) >= 11 is 0. The minimum absolute atomic E-state index is 0.174. The van der Waals surface area contributed by atoms with Gasteiger partial charge in [0.2, 0.25) is 0 Å². The smallest absolute Gasteiger partial charge is 0.322 e. The number of carbonyl (C=O) groups is 2. The van der Waals surface area contributed by atoms with Gasteiger partial charge in [0.15, 0.2) is 5.92 Å². The molecule has 1 unspecified atom stereocenters. The molecular formula is C14H18N2O6. The van der Waals surface area contributed by atoms with Crippen molar-refractivity contribution in [2.45, 2.75) is 32.4 Å². The number of hydrogen-bond donors (Lipinski definition) is 2. The van der Waals surface area contributed by atoms with Crippen molar-refractivity contribution < 1.29 is 24.4 Å². The Morgan fingerprint density at radius 3 is 2.41 bits per heavy atom. The summed E-state index contributed by atoms with van der Waals surface area (Å²) in [5.74, 6) is -4.09. The lowest BCUT2D eigenvalue weighted by atomic mass is 9.93. The van der Waals surface area contributed by atoms with Crippen LogP contribution in [-0.2, 0) is 14.3 Å². The third kappa shape index (κ3) is 4.52. The predicted molar refractivity (Wildman–Crippen MR) is 77.0 cm³/mol. The molecule has 0 amide bonds. The Morgan fingerprint density at radius 2 is 1.95 bits per heavy atom. The molecule has 8 heteroatoms. The van der Waals surface area contributed by atoms with Crippen molar-refractivity contribution in [2.24, 2.45) is 11.7 Å². The molecule has 1 aromatic rings. The lowest BCUT2D eigenvalue weighted by Crippen LogP contribution is -2.39. The first-order valence-corrected chi connectivity index (χ1v) is 6.48. The van der Waals surface area contributed by atoms with Crippen LogP contribution in [0, 0.1) is 16.0 Å². The van der Waals surface area contributed by atoms with Gasteiger partial charge in [0.25, 0.3) is 5.69 Å². The number of ether oxygens (including phenoxy) is 1. The van der Waals surface area contributed by atoms with E-state index in [4.69, 9.17) is 10.5 Å². The highest BCUT2D eigenvalue weighted by molar-refractivity contribution is 5.95. The molecule has 1 rings (SSSR count). The third-order valence-electron chi connectivity index (χ3n) is 2.75. The summed E-state index contributed by atoms with van der Waals surface area (Å²) in [5, 5.41) is 20.0. The summed E-state index contributed by atoms with van der Waals surface area (Å²) in [7, 11) is 0. The maximum Gasteiger partial charge on any atom is 0.322 e. The van der Waals surface area contributed by atoms with Gasteiger partial charge in [0.05, 0.1) is 11.0 Å². The van der Waals surface area contributed by atoms with Gasteiger partial charge >= 0.3 is 11.9 Å². The number of non-ortho nitro benzene ring substituents is 1. The lowest BCUT2D eigenvalue weighted by Gasteiger charge is -2.25. The molecule has 8 nitrogen and oxygen atoms in total. The molecule has 0 fully saturated rings. The van der Waals surface area contributed by atoms with E-state index in [0.717, 1.165) is 6.07 Å². The molecule has 0 radical (unpaired) electrons. The molecule has 0 aliphatic carbocycles. The molecule has 120 valence electrons. The first-order chi connectivity index (χ1) is 10.0. The number of esters is 1. The molecule has 0 aromatic heterocycles. The summed E-state index contributed by atoms with van der Waals surface area (Å²) < 4.78 is 5.05. The van der Waals surface area contributed by atoms with Gasteiger partial charge in [0, 0.05) is 12.1 Å². The fourth-order valence-corrected chi connectivity index (χ4v) is 1.80. The second kappa shape index (κ2) is 6.52. The van der Waals surface area contributed by atoms with Crippen LogP contribution in [-0.4, -0.2) is 27.6 Å². The van der Waals surface area contributed by atoms with Crippen molar-refractivity contribution in [3.05, 3.63) is 39.9 Å². The number of nitro groups is 1. The van der Waals surface area contributed by atoms with E-state index < -0.39 is 34.4 Å². The van der Waals surface area contributed by atoms with Crippen LogP contribution in [0.3, 0.4) is 0 Å². The molecular weight excluding hydrogens is 292 g/mol. The number of carbonyl (C=O) groups excluding carboxylic acids is 1. The number of carboxylic acid groups (broad SMARTS) is 1. The van der Waals surface area contributed by atoms with Crippen molar-refractivity contribution in [2.75, 3.05) is 0 Å². The number of carboxylic acids is 1. The summed E-state index contributed by atoms with van der Waals surface area (Å²) in [5.41, 5.74) is 4.90. The minimum Gasteiger partial charge on any atom is -0.481 e. The maximum absolute atomic E-state index is 12.0. The van der Waals surface area contributed by atoms with Gasteiger partial charge in [-0.15, -0.1) is 0 Å². The molecule has 2 atom stereocenters. The van der Waals surface area contributed by atoms with Gasteiger partial charge < -0.3 is 15.6 Å². The fraction of sp³-hybridized carbons (Fsp3) is 0.429. The second-order valence-electron chi connectivity index (χ2n) is 5.73. The molecule has 0 saturated carbocycles. The van der Waals surface area contributed by atoms with E-state index in [-0.39, 0.29) is 11.3 Å². The Bertz CT molecular complexity index is 593. The topological polar surface area (TPSA) is 133 Å². The molecule has 0 bridgehead atoms. The van der Waals surface area contributed by atoms with Crippen LogP contribution >= 0.6 is 0 Å². The number of nitrogens with two attached hydrogens (primary N) is 1. The highest BCUT2D eigenvalue weighted by atomic mass is 16.6. The zero-order chi connectivity index (χ0) is 17.1. The number of hydrogen-bond acceptors (Lipinski definition) is 6. The van der Waals surface area contributed by atoms with E-state index >= 15 is 0 Å². The van der Waals surface area contributed by atoms with E-state index in [0.29, 0.717) is 0 Å². The Labute approximate surface area is 127 Å². The van der Waals surface area contributed by atoms with Gasteiger partial charge in [-0.1, -0.05) is 12.1 Å². The Kier molecular flexibility index (Phi) is 5.21. The van der Waals surface area contributed by atoms with Crippen LogP contribution in [0.25, 0.3) is 0 Å². The standard InChI is InChI=1S/C14H18N2O6/c1-14(2,3)22-13(19)10(12(17)18)11(15)8-5-4-6-9(7-8)16(20)21/h4-7,10-11H,15H2,1-3H3,(H,17,18)/t10-,11?/m0/s1. The highest BCUT2D eigenvalue weighted by Crippen LogP contribution is 2.26. The third-order valence-corrected chi connectivity index (χ3v) is 2.75. The van der Waals surface area contributed by atoms with E-state index in [1.165, 1.54) is 18.2 Å². The summed E-state index contributed by atoms with van der Waals surface area (Å²) in [6.07, 6.45) is 0. The zero-order valence-electron chi connectivity index (χ0n) is 12.5.